The summed E-state index contributed by atoms with van der Waals surface area (Å²) in [5.41, 5.74) is 0.107. The molecular formula is C15H21FN2O2. The Morgan fingerprint density at radius 1 is 1.30 bits per heavy atom. The van der Waals surface area contributed by atoms with Crippen LogP contribution >= 0.6 is 0 Å². The molecule has 1 fully saturated rings. The first-order valence-electron chi connectivity index (χ1n) is 7.05. The first kappa shape index (κ1) is 14.9. The summed E-state index contributed by atoms with van der Waals surface area (Å²) in [4.78, 5) is 11.8. The molecule has 0 aliphatic heterocycles. The van der Waals surface area contributed by atoms with Crippen LogP contribution in [0.1, 0.15) is 32.1 Å². The van der Waals surface area contributed by atoms with Gasteiger partial charge in [0.1, 0.15) is 5.82 Å². The normalized spacial score (nSPS) is 17.7. The van der Waals surface area contributed by atoms with Crippen LogP contribution in [0.15, 0.2) is 24.3 Å². The highest BCUT2D eigenvalue weighted by molar-refractivity contribution is 5.92. The zero-order valence-electron chi connectivity index (χ0n) is 11.5. The third-order valence-electron chi connectivity index (χ3n) is 3.85. The van der Waals surface area contributed by atoms with Crippen molar-refractivity contribution in [2.24, 2.45) is 0 Å². The molecule has 20 heavy (non-hydrogen) atoms. The molecule has 1 saturated carbocycles. The van der Waals surface area contributed by atoms with Crippen molar-refractivity contribution in [2.75, 3.05) is 18.5 Å². The number of carbonyl (C=O) groups excluding carboxylic acids is 1. The Morgan fingerprint density at radius 2 is 2.05 bits per heavy atom. The molecule has 0 bridgehead atoms. The van der Waals surface area contributed by atoms with E-state index in [1.807, 2.05) is 0 Å². The van der Waals surface area contributed by atoms with Gasteiger partial charge >= 0.3 is 0 Å². The van der Waals surface area contributed by atoms with Crippen molar-refractivity contribution in [2.45, 2.75) is 37.6 Å². The van der Waals surface area contributed by atoms with E-state index < -0.39 is 0 Å². The van der Waals surface area contributed by atoms with Gasteiger partial charge < -0.3 is 15.7 Å². The van der Waals surface area contributed by atoms with Crippen molar-refractivity contribution < 1.29 is 14.3 Å². The maximum atomic E-state index is 13.0. The van der Waals surface area contributed by atoms with E-state index in [1.54, 1.807) is 12.1 Å². The first-order chi connectivity index (χ1) is 9.63. The Balaban J connectivity index is 1.85. The molecule has 0 radical (unpaired) electrons. The number of nitrogens with one attached hydrogen (secondary N) is 2. The number of aliphatic hydroxyl groups excluding tert-OH is 1. The molecule has 1 aliphatic carbocycles. The molecule has 0 heterocycles. The maximum Gasteiger partial charge on any atom is 0.238 e. The van der Waals surface area contributed by atoms with Crippen LogP contribution in [0, 0.1) is 5.82 Å². The van der Waals surface area contributed by atoms with E-state index in [-0.39, 0.29) is 30.4 Å². The standard InChI is InChI=1S/C15H21FN2O2/c16-12-5-4-6-13(9-12)18-14(20)10-17-15(11-19)7-2-1-3-8-15/h4-6,9,17,19H,1-3,7-8,10-11H2,(H,18,20). The lowest BCUT2D eigenvalue weighted by Crippen LogP contribution is -2.52. The van der Waals surface area contributed by atoms with Crippen LogP contribution in [0.4, 0.5) is 10.1 Å². The van der Waals surface area contributed by atoms with Crippen molar-refractivity contribution >= 4 is 11.6 Å². The number of hydrogen-bond acceptors (Lipinski definition) is 3. The van der Waals surface area contributed by atoms with Gasteiger partial charge in [0.05, 0.1) is 13.2 Å². The molecule has 1 aliphatic rings. The molecule has 1 aromatic carbocycles. The molecule has 4 nitrogen and oxygen atoms in total. The second-order valence-corrected chi connectivity index (χ2v) is 5.41. The number of benzene rings is 1. The number of aliphatic hydroxyl groups is 1. The highest BCUT2D eigenvalue weighted by Gasteiger charge is 2.31. The summed E-state index contributed by atoms with van der Waals surface area (Å²) in [5, 5.41) is 15.3. The molecule has 5 heteroatoms. The predicted molar refractivity (Wildman–Crippen MR) is 75.9 cm³/mol. The van der Waals surface area contributed by atoms with Crippen LogP contribution in [0.3, 0.4) is 0 Å². The second-order valence-electron chi connectivity index (χ2n) is 5.41. The van der Waals surface area contributed by atoms with Crippen LogP contribution in [-0.4, -0.2) is 29.7 Å². The Hall–Kier alpha value is -1.46. The monoisotopic (exact) mass is 280 g/mol. The Bertz CT molecular complexity index is 459. The number of hydrogen-bond donors (Lipinski definition) is 3. The number of amides is 1. The maximum absolute atomic E-state index is 13.0. The van der Waals surface area contributed by atoms with Gasteiger partial charge in [-0.3, -0.25) is 4.79 Å². The molecule has 0 aromatic heterocycles. The van der Waals surface area contributed by atoms with Crippen molar-refractivity contribution in [3.8, 4) is 0 Å². The smallest absolute Gasteiger partial charge is 0.238 e. The van der Waals surface area contributed by atoms with Gasteiger partial charge in [0, 0.05) is 11.2 Å². The number of carbonyl (C=O) groups is 1. The molecule has 2 rings (SSSR count). The van der Waals surface area contributed by atoms with Gasteiger partial charge in [0.25, 0.3) is 0 Å². The number of rotatable bonds is 5. The van der Waals surface area contributed by atoms with Crippen molar-refractivity contribution in [3.63, 3.8) is 0 Å². The zero-order chi connectivity index (χ0) is 14.4. The van der Waals surface area contributed by atoms with E-state index >= 15 is 0 Å². The fourth-order valence-corrected chi connectivity index (χ4v) is 2.66. The minimum absolute atomic E-state index is 0.0419. The lowest BCUT2D eigenvalue weighted by Gasteiger charge is -2.36. The third kappa shape index (κ3) is 4.02. The summed E-state index contributed by atoms with van der Waals surface area (Å²) >= 11 is 0. The highest BCUT2D eigenvalue weighted by atomic mass is 19.1. The summed E-state index contributed by atoms with van der Waals surface area (Å²) in [7, 11) is 0. The molecule has 0 atom stereocenters. The fourth-order valence-electron chi connectivity index (χ4n) is 2.66. The molecule has 0 saturated heterocycles. The molecule has 0 spiro atoms. The van der Waals surface area contributed by atoms with E-state index in [1.165, 1.54) is 18.6 Å². The fraction of sp³-hybridized carbons (Fsp3) is 0.533. The number of anilines is 1. The molecule has 0 unspecified atom stereocenters. The van der Waals surface area contributed by atoms with Crippen molar-refractivity contribution in [1.29, 1.82) is 0 Å². The highest BCUT2D eigenvalue weighted by Crippen LogP contribution is 2.27. The third-order valence-corrected chi connectivity index (χ3v) is 3.85. The summed E-state index contributed by atoms with van der Waals surface area (Å²) in [5.74, 6) is -0.608. The van der Waals surface area contributed by atoms with Gasteiger partial charge in [-0.2, -0.15) is 0 Å². The summed E-state index contributed by atoms with van der Waals surface area (Å²) in [6.45, 7) is 0.164. The van der Waals surface area contributed by atoms with E-state index in [4.69, 9.17) is 0 Å². The second kappa shape index (κ2) is 6.81. The van der Waals surface area contributed by atoms with E-state index in [0.29, 0.717) is 5.69 Å². The van der Waals surface area contributed by atoms with Gasteiger partial charge in [-0.25, -0.2) is 4.39 Å². The van der Waals surface area contributed by atoms with Gasteiger partial charge in [-0.15, -0.1) is 0 Å². The minimum Gasteiger partial charge on any atom is -0.394 e. The van der Waals surface area contributed by atoms with Gasteiger partial charge in [-0.1, -0.05) is 25.3 Å². The summed E-state index contributed by atoms with van der Waals surface area (Å²) in [6, 6.07) is 5.80. The van der Waals surface area contributed by atoms with Crippen LogP contribution in [0.5, 0.6) is 0 Å². The van der Waals surface area contributed by atoms with Crippen molar-refractivity contribution in [3.05, 3.63) is 30.1 Å². The molecule has 110 valence electrons. The topological polar surface area (TPSA) is 61.4 Å². The van der Waals surface area contributed by atoms with Gasteiger partial charge in [-0.05, 0) is 31.0 Å². The van der Waals surface area contributed by atoms with E-state index in [0.717, 1.165) is 25.7 Å². The summed E-state index contributed by atoms with van der Waals surface area (Å²) < 4.78 is 13.0. The van der Waals surface area contributed by atoms with Crippen LogP contribution in [0.2, 0.25) is 0 Å². The van der Waals surface area contributed by atoms with Crippen LogP contribution < -0.4 is 10.6 Å². The summed E-state index contributed by atoms with van der Waals surface area (Å²) in [6.07, 6.45) is 5.09. The van der Waals surface area contributed by atoms with Crippen molar-refractivity contribution in [1.82, 2.24) is 5.32 Å². The van der Waals surface area contributed by atoms with Gasteiger partial charge in [0.2, 0.25) is 5.91 Å². The lowest BCUT2D eigenvalue weighted by atomic mass is 9.82. The molecular weight excluding hydrogens is 259 g/mol. The molecule has 1 amide bonds. The molecule has 1 aromatic rings. The van der Waals surface area contributed by atoms with Crippen LogP contribution in [-0.2, 0) is 4.79 Å². The first-order valence-corrected chi connectivity index (χ1v) is 7.05. The Morgan fingerprint density at radius 3 is 2.70 bits per heavy atom. The largest absolute Gasteiger partial charge is 0.394 e. The quantitative estimate of drug-likeness (QED) is 0.773. The van der Waals surface area contributed by atoms with E-state index in [9.17, 15) is 14.3 Å². The average molecular weight is 280 g/mol. The van der Waals surface area contributed by atoms with Gasteiger partial charge in [0.15, 0.2) is 0 Å². The van der Waals surface area contributed by atoms with E-state index in [2.05, 4.69) is 10.6 Å². The zero-order valence-corrected chi connectivity index (χ0v) is 11.5. The SMILES string of the molecule is O=C(CNC1(CO)CCCCC1)Nc1cccc(F)c1. The minimum atomic E-state index is -0.380. The number of halogens is 1. The Labute approximate surface area is 118 Å². The predicted octanol–water partition coefficient (Wildman–Crippen LogP) is 2.05. The van der Waals surface area contributed by atoms with Crippen LogP contribution in [0.25, 0.3) is 0 Å². The molecule has 3 N–H and O–H groups in total. The average Bonchev–Trinajstić information content (AvgIpc) is 2.46. The lowest BCUT2D eigenvalue weighted by molar-refractivity contribution is -0.116. The Kier molecular flexibility index (Phi) is 5.09.